The Morgan fingerprint density at radius 3 is 2.75 bits per heavy atom. The van der Waals surface area contributed by atoms with Gasteiger partial charge in [0.2, 0.25) is 0 Å². The SMILES string of the molecule is C=C/C(C)=C\C1=CNC(c2ccc(N3CCN(NC(O)c4cccc(C)c4)CC3)nc2)N1. The van der Waals surface area contributed by atoms with Gasteiger partial charge < -0.3 is 20.6 Å². The highest BCUT2D eigenvalue weighted by Gasteiger charge is 2.21. The van der Waals surface area contributed by atoms with E-state index >= 15 is 0 Å². The van der Waals surface area contributed by atoms with Crippen LogP contribution < -0.4 is 21.0 Å². The maximum atomic E-state index is 10.5. The summed E-state index contributed by atoms with van der Waals surface area (Å²) in [6.45, 7) is 11.1. The van der Waals surface area contributed by atoms with Gasteiger partial charge in [0.25, 0.3) is 0 Å². The summed E-state index contributed by atoms with van der Waals surface area (Å²) in [5.41, 5.74) is 8.47. The van der Waals surface area contributed by atoms with Crippen LogP contribution >= 0.6 is 0 Å². The van der Waals surface area contributed by atoms with Gasteiger partial charge in [-0.2, -0.15) is 0 Å². The fraction of sp³-hybridized carbons (Fsp3) is 0.320. The second kappa shape index (κ2) is 9.99. The fourth-order valence-electron chi connectivity index (χ4n) is 3.90. The van der Waals surface area contributed by atoms with Gasteiger partial charge in [-0.1, -0.05) is 42.5 Å². The molecule has 4 N–H and O–H groups in total. The average molecular weight is 433 g/mol. The molecule has 7 heteroatoms. The van der Waals surface area contributed by atoms with Crippen molar-refractivity contribution in [2.24, 2.45) is 0 Å². The Kier molecular flexibility index (Phi) is 6.90. The number of anilines is 1. The first-order valence-electron chi connectivity index (χ1n) is 11.0. The van der Waals surface area contributed by atoms with Crippen LogP contribution in [-0.2, 0) is 0 Å². The molecule has 32 heavy (non-hydrogen) atoms. The Hall–Kier alpha value is -3.13. The van der Waals surface area contributed by atoms with Crippen molar-refractivity contribution in [1.29, 1.82) is 0 Å². The molecule has 2 aromatic rings. The Morgan fingerprint density at radius 2 is 2.06 bits per heavy atom. The predicted octanol–water partition coefficient (Wildman–Crippen LogP) is 2.87. The van der Waals surface area contributed by atoms with Crippen LogP contribution in [0, 0.1) is 6.92 Å². The van der Waals surface area contributed by atoms with Gasteiger partial charge in [-0.15, -0.1) is 0 Å². The van der Waals surface area contributed by atoms with Gasteiger partial charge in [0, 0.05) is 44.1 Å². The molecule has 0 spiro atoms. The van der Waals surface area contributed by atoms with E-state index in [4.69, 9.17) is 4.98 Å². The summed E-state index contributed by atoms with van der Waals surface area (Å²) in [5.74, 6) is 0.973. The second-order valence-electron chi connectivity index (χ2n) is 8.31. The van der Waals surface area contributed by atoms with Gasteiger partial charge in [-0.25, -0.2) is 15.4 Å². The molecule has 0 saturated carbocycles. The van der Waals surface area contributed by atoms with Crippen molar-refractivity contribution in [3.8, 4) is 0 Å². The molecule has 2 unspecified atom stereocenters. The summed E-state index contributed by atoms with van der Waals surface area (Å²) in [4.78, 5) is 6.97. The number of nitrogens with one attached hydrogen (secondary N) is 3. The van der Waals surface area contributed by atoms with Crippen molar-refractivity contribution in [3.63, 3.8) is 0 Å². The molecule has 1 saturated heterocycles. The number of hydrogen-bond acceptors (Lipinski definition) is 7. The third-order valence-electron chi connectivity index (χ3n) is 5.79. The van der Waals surface area contributed by atoms with E-state index in [2.05, 4.69) is 50.8 Å². The predicted molar refractivity (Wildman–Crippen MR) is 128 cm³/mol. The molecular weight excluding hydrogens is 400 g/mol. The number of hydrazine groups is 1. The number of aliphatic hydroxyl groups excluding tert-OH is 1. The third-order valence-corrected chi connectivity index (χ3v) is 5.79. The van der Waals surface area contributed by atoms with E-state index < -0.39 is 6.23 Å². The molecule has 168 valence electrons. The largest absolute Gasteiger partial charge is 0.373 e. The second-order valence-corrected chi connectivity index (χ2v) is 8.31. The van der Waals surface area contributed by atoms with E-state index in [-0.39, 0.29) is 6.17 Å². The summed E-state index contributed by atoms with van der Waals surface area (Å²) in [6.07, 6.45) is 7.12. The number of benzene rings is 1. The first-order valence-corrected chi connectivity index (χ1v) is 11.0. The van der Waals surface area contributed by atoms with Gasteiger partial charge >= 0.3 is 0 Å². The number of allylic oxidation sites excluding steroid dienone is 3. The molecule has 0 aliphatic carbocycles. The molecule has 1 aromatic carbocycles. The molecule has 0 bridgehead atoms. The molecule has 2 atom stereocenters. The molecule has 0 amide bonds. The Morgan fingerprint density at radius 1 is 1.25 bits per heavy atom. The molecule has 2 aliphatic rings. The van der Waals surface area contributed by atoms with Crippen LogP contribution in [-0.4, -0.2) is 41.3 Å². The highest BCUT2D eigenvalue weighted by molar-refractivity contribution is 5.41. The minimum atomic E-state index is -0.700. The summed E-state index contributed by atoms with van der Waals surface area (Å²) in [7, 11) is 0. The zero-order valence-corrected chi connectivity index (χ0v) is 18.8. The average Bonchev–Trinajstić information content (AvgIpc) is 3.28. The monoisotopic (exact) mass is 432 g/mol. The topological polar surface area (TPSA) is 75.7 Å². The Bertz CT molecular complexity index is 992. The highest BCUT2D eigenvalue weighted by atomic mass is 16.3. The number of aromatic nitrogens is 1. The number of nitrogens with zero attached hydrogens (tertiary/aromatic N) is 3. The lowest BCUT2D eigenvalue weighted by Gasteiger charge is -2.36. The summed E-state index contributed by atoms with van der Waals surface area (Å²) >= 11 is 0. The third kappa shape index (κ3) is 5.37. The first kappa shape index (κ1) is 22.1. The first-order chi connectivity index (χ1) is 15.5. The molecule has 0 radical (unpaired) electrons. The molecule has 2 aliphatic heterocycles. The maximum absolute atomic E-state index is 10.5. The van der Waals surface area contributed by atoms with Gasteiger partial charge in [0.1, 0.15) is 18.2 Å². The molecule has 4 rings (SSSR count). The van der Waals surface area contributed by atoms with Crippen LogP contribution in [0.3, 0.4) is 0 Å². The molecule has 3 heterocycles. The zero-order chi connectivity index (χ0) is 22.5. The van der Waals surface area contributed by atoms with E-state index in [0.29, 0.717) is 0 Å². The molecule has 1 fully saturated rings. The maximum Gasteiger partial charge on any atom is 0.143 e. The van der Waals surface area contributed by atoms with Gasteiger partial charge in [-0.05, 0) is 43.2 Å². The minimum absolute atomic E-state index is 0.0181. The van der Waals surface area contributed by atoms with Gasteiger partial charge in [0.05, 0.1) is 5.70 Å². The number of piperazine rings is 1. The van der Waals surface area contributed by atoms with Crippen molar-refractivity contribution in [1.82, 2.24) is 26.1 Å². The number of pyridine rings is 1. The van der Waals surface area contributed by atoms with E-state index in [0.717, 1.165) is 60.0 Å². The highest BCUT2D eigenvalue weighted by Crippen LogP contribution is 2.21. The van der Waals surface area contributed by atoms with Crippen LogP contribution in [0.15, 0.2) is 78.8 Å². The van der Waals surface area contributed by atoms with Gasteiger partial charge in [0.15, 0.2) is 0 Å². The standard InChI is InChI=1S/C25H32N6O/c1-4-18(2)15-22-17-27-24(28-22)21-8-9-23(26-16-21)30-10-12-31(13-11-30)29-25(32)20-7-5-6-19(3)14-20/h4-9,14-17,24-25,27-29,32H,1,10-13H2,2-3H3/b18-15-. The lowest BCUT2D eigenvalue weighted by atomic mass is 10.1. The number of aliphatic hydroxyl groups is 1. The zero-order valence-electron chi connectivity index (χ0n) is 18.8. The lowest BCUT2D eigenvalue weighted by molar-refractivity contribution is 0.0303. The van der Waals surface area contributed by atoms with Crippen molar-refractivity contribution in [2.75, 3.05) is 31.1 Å². The van der Waals surface area contributed by atoms with Crippen LogP contribution in [0.2, 0.25) is 0 Å². The molecule has 1 aromatic heterocycles. The number of rotatable bonds is 7. The van der Waals surface area contributed by atoms with E-state index in [1.54, 1.807) is 0 Å². The summed E-state index contributed by atoms with van der Waals surface area (Å²) < 4.78 is 0. The quantitative estimate of drug-likeness (QED) is 0.396. The fourth-order valence-corrected chi connectivity index (χ4v) is 3.90. The van der Waals surface area contributed by atoms with Crippen LogP contribution in [0.4, 0.5) is 5.82 Å². The number of aryl methyl sites for hydroxylation is 1. The van der Waals surface area contributed by atoms with Gasteiger partial charge in [-0.3, -0.25) is 0 Å². The van der Waals surface area contributed by atoms with Crippen molar-refractivity contribution < 1.29 is 5.11 Å². The normalized spacial score (nSPS) is 20.3. The van der Waals surface area contributed by atoms with Crippen LogP contribution in [0.25, 0.3) is 0 Å². The van der Waals surface area contributed by atoms with Crippen molar-refractivity contribution >= 4 is 5.82 Å². The van der Waals surface area contributed by atoms with Crippen LogP contribution in [0.1, 0.15) is 36.0 Å². The van der Waals surface area contributed by atoms with Crippen molar-refractivity contribution in [2.45, 2.75) is 26.2 Å². The van der Waals surface area contributed by atoms with E-state index in [1.807, 2.05) is 56.6 Å². The Balaban J connectivity index is 1.28. The van der Waals surface area contributed by atoms with E-state index in [9.17, 15) is 5.11 Å². The summed E-state index contributed by atoms with van der Waals surface area (Å²) in [5, 5.41) is 19.4. The smallest absolute Gasteiger partial charge is 0.143 e. The van der Waals surface area contributed by atoms with Crippen molar-refractivity contribution in [3.05, 3.63) is 95.5 Å². The molecule has 7 nitrogen and oxygen atoms in total. The van der Waals surface area contributed by atoms with E-state index in [1.165, 1.54) is 0 Å². The molecular formula is C25H32N6O. The summed E-state index contributed by atoms with van der Waals surface area (Å²) in [6, 6.07) is 12.1. The van der Waals surface area contributed by atoms with Crippen LogP contribution in [0.5, 0.6) is 0 Å². The lowest BCUT2D eigenvalue weighted by Crippen LogP contribution is -2.53. The number of hydrogen-bond donors (Lipinski definition) is 4. The minimum Gasteiger partial charge on any atom is -0.373 e. The Labute approximate surface area is 190 Å².